The zero-order chi connectivity index (χ0) is 9.26. The van der Waals surface area contributed by atoms with E-state index in [-0.39, 0.29) is 5.88 Å². The van der Waals surface area contributed by atoms with E-state index in [1.807, 2.05) is 31.2 Å². The molecule has 13 heavy (non-hydrogen) atoms. The van der Waals surface area contributed by atoms with Crippen LogP contribution in [-0.4, -0.2) is 16.4 Å². The molecule has 0 atom stereocenters. The number of hydrogen-bond donors (Lipinski definition) is 1. The summed E-state index contributed by atoms with van der Waals surface area (Å²) in [6.07, 6.45) is 0. The van der Waals surface area contributed by atoms with Crippen LogP contribution in [0.5, 0.6) is 5.88 Å². The van der Waals surface area contributed by atoms with Crippen molar-refractivity contribution in [1.29, 1.82) is 0 Å². The number of nitrogens with zero attached hydrogens (tertiary/aromatic N) is 1. The average Bonchev–Trinajstić information content (AvgIpc) is 2.44. The van der Waals surface area contributed by atoms with Crippen LogP contribution >= 0.6 is 0 Å². The first kappa shape index (κ1) is 7.98. The van der Waals surface area contributed by atoms with Gasteiger partial charge in [-0.2, -0.15) is 0 Å². The molecule has 0 bridgehead atoms. The molecule has 0 amide bonds. The Morgan fingerprint density at radius 2 is 2.15 bits per heavy atom. The van der Waals surface area contributed by atoms with Crippen molar-refractivity contribution >= 4 is 10.9 Å². The molecule has 0 aliphatic rings. The molecular weight excluding hydrogens is 166 g/mol. The van der Waals surface area contributed by atoms with Crippen molar-refractivity contribution in [3.05, 3.63) is 30.3 Å². The molecule has 0 saturated heterocycles. The standard InChI is InChI=1S/C10H11NO2/c1-2-13-11-9-6-4-3-5-8(9)7-10(11)12/h3-7,12H,2H2,1H3. The smallest absolute Gasteiger partial charge is 0.226 e. The van der Waals surface area contributed by atoms with E-state index >= 15 is 0 Å². The van der Waals surface area contributed by atoms with Gasteiger partial charge in [-0.25, -0.2) is 0 Å². The van der Waals surface area contributed by atoms with E-state index < -0.39 is 0 Å². The minimum Gasteiger partial charge on any atom is -0.492 e. The minimum atomic E-state index is 0.142. The van der Waals surface area contributed by atoms with E-state index in [4.69, 9.17) is 4.84 Å². The quantitative estimate of drug-likeness (QED) is 0.758. The van der Waals surface area contributed by atoms with Crippen molar-refractivity contribution in [2.45, 2.75) is 6.92 Å². The second kappa shape index (κ2) is 3.01. The summed E-state index contributed by atoms with van der Waals surface area (Å²) in [4.78, 5) is 5.26. The lowest BCUT2D eigenvalue weighted by atomic mass is 10.3. The van der Waals surface area contributed by atoms with Crippen LogP contribution < -0.4 is 4.84 Å². The first-order valence-electron chi connectivity index (χ1n) is 4.25. The number of para-hydroxylation sites is 1. The van der Waals surface area contributed by atoms with Crippen molar-refractivity contribution < 1.29 is 9.94 Å². The third kappa shape index (κ3) is 1.22. The fourth-order valence-corrected chi connectivity index (χ4v) is 1.38. The maximum atomic E-state index is 9.50. The fourth-order valence-electron chi connectivity index (χ4n) is 1.38. The Kier molecular flexibility index (Phi) is 1.85. The van der Waals surface area contributed by atoms with Crippen molar-refractivity contribution in [3.8, 4) is 5.88 Å². The van der Waals surface area contributed by atoms with Crippen molar-refractivity contribution in [2.24, 2.45) is 0 Å². The largest absolute Gasteiger partial charge is 0.492 e. The molecule has 0 aliphatic carbocycles. The number of aromatic hydroxyl groups is 1. The Hall–Kier alpha value is -1.64. The highest BCUT2D eigenvalue weighted by atomic mass is 16.7. The van der Waals surface area contributed by atoms with Gasteiger partial charge in [0.15, 0.2) is 0 Å². The third-order valence-electron chi connectivity index (χ3n) is 1.91. The van der Waals surface area contributed by atoms with Gasteiger partial charge in [0.2, 0.25) is 5.88 Å². The van der Waals surface area contributed by atoms with Gasteiger partial charge in [-0.3, -0.25) is 0 Å². The molecule has 1 aromatic heterocycles. The summed E-state index contributed by atoms with van der Waals surface area (Å²) in [7, 11) is 0. The van der Waals surface area contributed by atoms with Crippen LogP contribution in [0.4, 0.5) is 0 Å². The highest BCUT2D eigenvalue weighted by molar-refractivity contribution is 5.81. The van der Waals surface area contributed by atoms with Crippen LogP contribution in [-0.2, 0) is 0 Å². The number of hydrogen-bond acceptors (Lipinski definition) is 2. The van der Waals surface area contributed by atoms with Crippen LogP contribution in [0.15, 0.2) is 30.3 Å². The Bertz CT molecular complexity index is 420. The summed E-state index contributed by atoms with van der Waals surface area (Å²) < 4.78 is 1.44. The van der Waals surface area contributed by atoms with Gasteiger partial charge in [0, 0.05) is 11.5 Å². The van der Waals surface area contributed by atoms with Crippen LogP contribution in [0.3, 0.4) is 0 Å². The fraction of sp³-hybridized carbons (Fsp3) is 0.200. The Morgan fingerprint density at radius 3 is 2.92 bits per heavy atom. The van der Waals surface area contributed by atoms with Gasteiger partial charge in [-0.05, 0) is 13.0 Å². The van der Waals surface area contributed by atoms with E-state index in [0.717, 1.165) is 10.9 Å². The zero-order valence-corrected chi connectivity index (χ0v) is 7.40. The lowest BCUT2D eigenvalue weighted by molar-refractivity contribution is 0.112. The molecule has 1 aromatic carbocycles. The summed E-state index contributed by atoms with van der Waals surface area (Å²) >= 11 is 0. The summed E-state index contributed by atoms with van der Waals surface area (Å²) in [5, 5.41) is 10.5. The Balaban J connectivity index is 2.64. The van der Waals surface area contributed by atoms with Gasteiger partial charge in [-0.1, -0.05) is 18.2 Å². The molecular formula is C10H11NO2. The zero-order valence-electron chi connectivity index (χ0n) is 7.40. The minimum absolute atomic E-state index is 0.142. The molecule has 0 radical (unpaired) electrons. The van der Waals surface area contributed by atoms with Gasteiger partial charge >= 0.3 is 0 Å². The molecule has 1 N–H and O–H groups in total. The lowest BCUT2D eigenvalue weighted by Crippen LogP contribution is -2.09. The van der Waals surface area contributed by atoms with Crippen molar-refractivity contribution in [1.82, 2.24) is 4.73 Å². The molecule has 0 aliphatic heterocycles. The highest BCUT2D eigenvalue weighted by Gasteiger charge is 2.06. The van der Waals surface area contributed by atoms with E-state index in [1.54, 1.807) is 6.07 Å². The third-order valence-corrected chi connectivity index (χ3v) is 1.91. The SMILES string of the molecule is CCOn1c(O)cc2ccccc21. The summed E-state index contributed by atoms with van der Waals surface area (Å²) in [5.74, 6) is 0.142. The molecule has 0 spiro atoms. The van der Waals surface area contributed by atoms with Gasteiger partial charge in [0.1, 0.15) is 6.61 Å². The molecule has 1 heterocycles. The van der Waals surface area contributed by atoms with Crippen LogP contribution in [0.2, 0.25) is 0 Å². The van der Waals surface area contributed by atoms with Gasteiger partial charge in [0.25, 0.3) is 0 Å². The molecule has 0 fully saturated rings. The van der Waals surface area contributed by atoms with Crippen LogP contribution in [0.1, 0.15) is 6.92 Å². The van der Waals surface area contributed by atoms with E-state index in [0.29, 0.717) is 6.61 Å². The topological polar surface area (TPSA) is 34.4 Å². The van der Waals surface area contributed by atoms with E-state index in [9.17, 15) is 5.11 Å². The van der Waals surface area contributed by atoms with Gasteiger partial charge < -0.3 is 9.94 Å². The molecule has 3 heteroatoms. The number of fused-ring (bicyclic) bond motifs is 1. The highest BCUT2D eigenvalue weighted by Crippen LogP contribution is 2.22. The predicted molar refractivity (Wildman–Crippen MR) is 50.7 cm³/mol. The van der Waals surface area contributed by atoms with Crippen LogP contribution in [0, 0.1) is 0 Å². The van der Waals surface area contributed by atoms with Gasteiger partial charge in [0.05, 0.1) is 5.52 Å². The van der Waals surface area contributed by atoms with Gasteiger partial charge in [-0.15, -0.1) is 4.73 Å². The number of rotatable bonds is 2. The summed E-state index contributed by atoms with van der Waals surface area (Å²) in [6.45, 7) is 2.42. The lowest BCUT2D eigenvalue weighted by Gasteiger charge is -2.05. The van der Waals surface area contributed by atoms with E-state index in [2.05, 4.69) is 0 Å². The molecule has 2 aromatic rings. The maximum absolute atomic E-state index is 9.50. The Morgan fingerprint density at radius 1 is 1.38 bits per heavy atom. The number of benzene rings is 1. The van der Waals surface area contributed by atoms with Crippen molar-refractivity contribution in [3.63, 3.8) is 0 Å². The first-order chi connectivity index (χ1) is 6.33. The average molecular weight is 177 g/mol. The molecule has 0 unspecified atom stereocenters. The molecule has 0 saturated carbocycles. The molecule has 3 nitrogen and oxygen atoms in total. The normalized spacial score (nSPS) is 10.5. The van der Waals surface area contributed by atoms with Crippen molar-refractivity contribution in [2.75, 3.05) is 6.61 Å². The molecule has 68 valence electrons. The maximum Gasteiger partial charge on any atom is 0.226 e. The Labute approximate surface area is 76.1 Å². The monoisotopic (exact) mass is 177 g/mol. The van der Waals surface area contributed by atoms with E-state index in [1.165, 1.54) is 4.73 Å². The van der Waals surface area contributed by atoms with Crippen LogP contribution in [0.25, 0.3) is 10.9 Å². The summed E-state index contributed by atoms with van der Waals surface area (Å²) in [5.41, 5.74) is 0.891. The number of aromatic nitrogens is 1. The predicted octanol–water partition coefficient (Wildman–Crippen LogP) is 1.80. The summed E-state index contributed by atoms with van der Waals surface area (Å²) in [6, 6.07) is 9.37. The molecule has 2 rings (SSSR count). The second-order valence-electron chi connectivity index (χ2n) is 2.77. The second-order valence-corrected chi connectivity index (χ2v) is 2.77. The first-order valence-corrected chi connectivity index (χ1v) is 4.25.